The number of phenolic OH excluding ortho intramolecular Hbond substituents is 1. The van der Waals surface area contributed by atoms with Crippen LogP contribution >= 0.6 is 0 Å². The lowest BCUT2D eigenvalue weighted by Gasteiger charge is -2.59. The van der Waals surface area contributed by atoms with Crippen molar-refractivity contribution in [2.75, 3.05) is 33.7 Å². The summed E-state index contributed by atoms with van der Waals surface area (Å²) in [6.45, 7) is 6.88. The summed E-state index contributed by atoms with van der Waals surface area (Å²) < 4.78 is 0. The molecule has 2 bridgehead atoms. The number of benzene rings is 2. The van der Waals surface area contributed by atoms with E-state index in [4.69, 9.17) is 0 Å². The van der Waals surface area contributed by atoms with Crippen LogP contribution < -0.4 is 0 Å². The quantitative estimate of drug-likeness (QED) is 0.769. The average molecular weight is 392 g/mol. The molecule has 2 aromatic carbocycles. The summed E-state index contributed by atoms with van der Waals surface area (Å²) >= 11 is 0. The van der Waals surface area contributed by atoms with Crippen molar-refractivity contribution < 1.29 is 9.90 Å². The largest absolute Gasteiger partial charge is 0.508 e. The van der Waals surface area contributed by atoms with Gasteiger partial charge in [0.1, 0.15) is 5.75 Å². The molecule has 3 aliphatic heterocycles. The van der Waals surface area contributed by atoms with Gasteiger partial charge in [-0.25, -0.2) is 0 Å². The Morgan fingerprint density at radius 1 is 1.17 bits per heavy atom. The van der Waals surface area contributed by atoms with Crippen molar-refractivity contribution >= 4 is 5.91 Å². The predicted octanol–water partition coefficient (Wildman–Crippen LogP) is 3.13. The van der Waals surface area contributed by atoms with Gasteiger partial charge >= 0.3 is 0 Å². The number of hydrogen-bond acceptors (Lipinski definition) is 4. The Morgan fingerprint density at radius 2 is 1.86 bits per heavy atom. The third-order valence-corrected chi connectivity index (χ3v) is 6.08. The summed E-state index contributed by atoms with van der Waals surface area (Å²) in [7, 11) is 3.53. The lowest BCUT2D eigenvalue weighted by atomic mass is 9.81. The minimum Gasteiger partial charge on any atom is -0.508 e. The van der Waals surface area contributed by atoms with E-state index in [0.717, 1.165) is 30.8 Å². The number of aromatic hydroxyl groups is 1. The predicted molar refractivity (Wildman–Crippen MR) is 115 cm³/mol. The zero-order chi connectivity index (χ0) is 20.5. The fourth-order valence-corrected chi connectivity index (χ4v) is 4.78. The molecule has 3 atom stereocenters. The second-order valence-corrected chi connectivity index (χ2v) is 8.32. The molecule has 0 aromatic heterocycles. The van der Waals surface area contributed by atoms with Crippen LogP contribution in [0.1, 0.15) is 33.9 Å². The maximum Gasteiger partial charge on any atom is 0.253 e. The van der Waals surface area contributed by atoms with E-state index in [1.807, 2.05) is 30.3 Å². The van der Waals surface area contributed by atoms with Gasteiger partial charge in [-0.1, -0.05) is 30.3 Å². The molecule has 0 spiro atoms. The second kappa shape index (κ2) is 8.01. The number of hydrogen-bond donors (Lipinski definition) is 1. The molecule has 29 heavy (non-hydrogen) atoms. The van der Waals surface area contributed by atoms with E-state index in [1.54, 1.807) is 25.1 Å². The van der Waals surface area contributed by atoms with Gasteiger partial charge in [0.2, 0.25) is 0 Å². The van der Waals surface area contributed by atoms with Gasteiger partial charge in [0.25, 0.3) is 5.91 Å². The van der Waals surface area contributed by atoms with Gasteiger partial charge in [0, 0.05) is 51.4 Å². The molecule has 5 heteroatoms. The van der Waals surface area contributed by atoms with Crippen molar-refractivity contribution in [1.82, 2.24) is 14.7 Å². The van der Waals surface area contributed by atoms with E-state index in [1.165, 1.54) is 6.42 Å². The summed E-state index contributed by atoms with van der Waals surface area (Å²) in [5.41, 5.74) is 2.93. The SMILES string of the molecule is C=CCN1CC2CC(C1)N2C(c1ccc(C(=O)N(C)C)cc1)c1cccc(O)c1. The fourth-order valence-electron chi connectivity index (χ4n) is 4.78. The molecule has 2 aromatic rings. The molecule has 0 saturated carbocycles. The van der Waals surface area contributed by atoms with E-state index in [2.05, 4.69) is 34.6 Å². The molecular weight excluding hydrogens is 362 g/mol. The highest BCUT2D eigenvalue weighted by Gasteiger charge is 2.48. The van der Waals surface area contributed by atoms with Crippen LogP contribution in [0.4, 0.5) is 0 Å². The smallest absolute Gasteiger partial charge is 0.253 e. The van der Waals surface area contributed by atoms with Crippen LogP contribution in [0.15, 0.2) is 61.2 Å². The van der Waals surface area contributed by atoms with Crippen LogP contribution in [0.2, 0.25) is 0 Å². The van der Waals surface area contributed by atoms with Crippen molar-refractivity contribution in [2.24, 2.45) is 0 Å². The number of rotatable bonds is 6. The molecule has 5 rings (SSSR count). The van der Waals surface area contributed by atoms with Crippen LogP contribution in [-0.4, -0.2) is 71.5 Å². The first-order valence-corrected chi connectivity index (χ1v) is 10.2. The number of amides is 1. The lowest BCUT2D eigenvalue weighted by molar-refractivity contribution is -0.0850. The van der Waals surface area contributed by atoms with Crippen molar-refractivity contribution in [1.29, 1.82) is 0 Å². The third-order valence-electron chi connectivity index (χ3n) is 6.08. The Kier molecular flexibility index (Phi) is 5.43. The van der Waals surface area contributed by atoms with Gasteiger partial charge in [0.05, 0.1) is 6.04 Å². The Labute approximate surface area is 172 Å². The molecule has 152 valence electrons. The van der Waals surface area contributed by atoms with Gasteiger partial charge in [-0.2, -0.15) is 0 Å². The van der Waals surface area contributed by atoms with Gasteiger partial charge in [-0.15, -0.1) is 6.58 Å². The summed E-state index contributed by atoms with van der Waals surface area (Å²) in [4.78, 5) is 18.9. The molecule has 3 fully saturated rings. The minimum absolute atomic E-state index is 0.00587. The molecule has 5 nitrogen and oxygen atoms in total. The average Bonchev–Trinajstić information content (AvgIpc) is 2.71. The van der Waals surface area contributed by atoms with Crippen LogP contribution in [0.3, 0.4) is 0 Å². The third kappa shape index (κ3) is 3.80. The first kappa shape index (κ1) is 19.7. The van der Waals surface area contributed by atoms with Crippen LogP contribution in [0.25, 0.3) is 0 Å². The number of phenols is 1. The lowest BCUT2D eigenvalue weighted by Crippen LogP contribution is -2.69. The molecule has 1 N–H and O–H groups in total. The molecule has 0 aliphatic carbocycles. The Bertz CT molecular complexity index is 881. The van der Waals surface area contributed by atoms with Gasteiger partial charge < -0.3 is 10.0 Å². The molecule has 1 amide bonds. The minimum atomic E-state index is 0.00587. The molecule has 3 aliphatic rings. The van der Waals surface area contributed by atoms with Gasteiger partial charge in [0.15, 0.2) is 0 Å². The summed E-state index contributed by atoms with van der Waals surface area (Å²) in [6.07, 6.45) is 3.18. The van der Waals surface area contributed by atoms with E-state index in [-0.39, 0.29) is 17.7 Å². The van der Waals surface area contributed by atoms with Gasteiger partial charge in [-0.05, 0) is 41.8 Å². The fraction of sp³-hybridized carbons (Fsp3) is 0.375. The van der Waals surface area contributed by atoms with Crippen LogP contribution in [-0.2, 0) is 0 Å². The van der Waals surface area contributed by atoms with Crippen molar-refractivity contribution in [3.05, 3.63) is 77.9 Å². The van der Waals surface area contributed by atoms with E-state index in [9.17, 15) is 9.90 Å². The Morgan fingerprint density at radius 3 is 2.45 bits per heavy atom. The van der Waals surface area contributed by atoms with E-state index >= 15 is 0 Å². The van der Waals surface area contributed by atoms with Crippen molar-refractivity contribution in [2.45, 2.75) is 24.5 Å². The highest BCUT2D eigenvalue weighted by atomic mass is 16.3. The molecule has 0 radical (unpaired) electrons. The van der Waals surface area contributed by atoms with Gasteiger partial charge in [-0.3, -0.25) is 14.6 Å². The van der Waals surface area contributed by atoms with Crippen molar-refractivity contribution in [3.63, 3.8) is 0 Å². The maximum atomic E-state index is 12.3. The monoisotopic (exact) mass is 391 g/mol. The summed E-state index contributed by atoms with van der Waals surface area (Å²) in [5, 5.41) is 10.1. The van der Waals surface area contributed by atoms with E-state index in [0.29, 0.717) is 17.6 Å². The normalized spacial score (nSPS) is 22.6. The number of carbonyl (C=O) groups excluding carboxylic acids is 1. The molecular formula is C24H29N3O2. The molecule has 3 heterocycles. The highest BCUT2D eigenvalue weighted by molar-refractivity contribution is 5.93. The molecule has 3 unspecified atom stereocenters. The van der Waals surface area contributed by atoms with Crippen LogP contribution in [0, 0.1) is 0 Å². The topological polar surface area (TPSA) is 47.0 Å². The van der Waals surface area contributed by atoms with Crippen LogP contribution in [0.5, 0.6) is 5.75 Å². The number of carbonyl (C=O) groups is 1. The zero-order valence-corrected chi connectivity index (χ0v) is 17.2. The second-order valence-electron chi connectivity index (χ2n) is 8.32. The highest BCUT2D eigenvalue weighted by Crippen LogP contribution is 2.43. The first-order chi connectivity index (χ1) is 14.0. The standard InChI is InChI=1S/C24H29N3O2/c1-4-12-26-15-20-14-21(16-26)27(20)23(19-6-5-7-22(28)13-19)17-8-10-18(11-9-17)24(29)25(2)3/h4-11,13,20-21,23,28H,1,12,14-16H2,2-3H3. The zero-order valence-electron chi connectivity index (χ0n) is 17.2. The summed E-state index contributed by atoms with van der Waals surface area (Å²) in [6, 6.07) is 16.5. The Balaban J connectivity index is 1.66. The van der Waals surface area contributed by atoms with Crippen molar-refractivity contribution in [3.8, 4) is 5.75 Å². The number of piperazine rings is 1. The molecule has 3 saturated heterocycles. The first-order valence-electron chi connectivity index (χ1n) is 10.2. The maximum absolute atomic E-state index is 12.3. The number of nitrogens with zero attached hydrogens (tertiary/aromatic N) is 3. The number of piperidine rings is 1. The van der Waals surface area contributed by atoms with E-state index < -0.39 is 0 Å². The number of fused-ring (bicyclic) bond motifs is 2. The Hall–Kier alpha value is -2.63. The summed E-state index contributed by atoms with van der Waals surface area (Å²) in [5.74, 6) is 0.289.